The number of methoxy groups -OCH3 is 1. The standard InChI is InChI=1S/C19H20N2O2S/c1-15-8-9-19(23-2)16(12-15)13-24(22)14-17-10-11-21(20-17)18-6-4-3-5-7-18/h3-12H,13-14H2,1-2H3. The number of hydrogen-bond acceptors (Lipinski definition) is 3. The van der Waals surface area contributed by atoms with E-state index < -0.39 is 10.8 Å². The van der Waals surface area contributed by atoms with Gasteiger partial charge in [-0.15, -0.1) is 0 Å². The van der Waals surface area contributed by atoms with Gasteiger partial charge in [-0.05, 0) is 31.2 Å². The molecular formula is C19H20N2O2S. The van der Waals surface area contributed by atoms with E-state index in [1.807, 2.05) is 67.7 Å². The second-order valence-corrected chi connectivity index (χ2v) is 7.09. The number of nitrogens with zero attached hydrogens (tertiary/aromatic N) is 2. The molecule has 0 fully saturated rings. The Morgan fingerprint density at radius 2 is 1.88 bits per heavy atom. The van der Waals surface area contributed by atoms with E-state index >= 15 is 0 Å². The van der Waals surface area contributed by atoms with Crippen LogP contribution in [0.1, 0.15) is 16.8 Å². The summed E-state index contributed by atoms with van der Waals surface area (Å²) < 4.78 is 19.7. The molecule has 0 saturated carbocycles. The molecule has 0 saturated heterocycles. The van der Waals surface area contributed by atoms with Crippen LogP contribution >= 0.6 is 0 Å². The lowest BCUT2D eigenvalue weighted by atomic mass is 10.1. The van der Waals surface area contributed by atoms with E-state index in [2.05, 4.69) is 5.10 Å². The molecule has 0 radical (unpaired) electrons. The Bertz CT molecular complexity index is 844. The molecule has 0 aliphatic rings. The highest BCUT2D eigenvalue weighted by Gasteiger charge is 2.10. The minimum Gasteiger partial charge on any atom is -0.496 e. The molecule has 4 nitrogen and oxygen atoms in total. The highest BCUT2D eigenvalue weighted by Crippen LogP contribution is 2.22. The maximum atomic E-state index is 12.5. The molecule has 0 aliphatic heterocycles. The van der Waals surface area contributed by atoms with E-state index in [1.165, 1.54) is 0 Å². The molecule has 0 bridgehead atoms. The second-order valence-electron chi connectivity index (χ2n) is 5.63. The normalized spacial score (nSPS) is 12.1. The summed E-state index contributed by atoms with van der Waals surface area (Å²) in [6, 6.07) is 17.8. The van der Waals surface area contributed by atoms with Crippen LogP contribution in [0, 0.1) is 6.92 Å². The third-order valence-corrected chi connectivity index (χ3v) is 4.98. The summed E-state index contributed by atoms with van der Waals surface area (Å²) in [6.07, 6.45) is 1.90. The van der Waals surface area contributed by atoms with E-state index in [-0.39, 0.29) is 0 Å². The number of ether oxygens (including phenoxy) is 1. The molecule has 124 valence electrons. The van der Waals surface area contributed by atoms with E-state index in [9.17, 15) is 4.21 Å². The lowest BCUT2D eigenvalue weighted by molar-refractivity contribution is 0.411. The van der Waals surface area contributed by atoms with Crippen LogP contribution in [0.25, 0.3) is 5.69 Å². The van der Waals surface area contributed by atoms with E-state index in [1.54, 1.807) is 11.8 Å². The predicted octanol–water partition coefficient (Wildman–Crippen LogP) is 3.64. The first kappa shape index (κ1) is 16.5. The van der Waals surface area contributed by atoms with E-state index in [4.69, 9.17) is 4.74 Å². The molecular weight excluding hydrogens is 320 g/mol. The SMILES string of the molecule is COc1ccc(C)cc1CS(=O)Cc1ccn(-c2ccccc2)n1. The van der Waals surface area contributed by atoms with Crippen LogP contribution in [0.3, 0.4) is 0 Å². The van der Waals surface area contributed by atoms with Gasteiger partial charge in [-0.25, -0.2) is 4.68 Å². The molecule has 1 atom stereocenters. The van der Waals surface area contributed by atoms with Crippen molar-refractivity contribution in [2.45, 2.75) is 18.4 Å². The molecule has 3 rings (SSSR count). The summed E-state index contributed by atoms with van der Waals surface area (Å²) in [4.78, 5) is 0. The average Bonchev–Trinajstić information content (AvgIpc) is 3.04. The molecule has 0 amide bonds. The van der Waals surface area contributed by atoms with Gasteiger partial charge in [0.2, 0.25) is 0 Å². The van der Waals surface area contributed by atoms with E-state index in [0.29, 0.717) is 11.5 Å². The third-order valence-electron chi connectivity index (χ3n) is 3.73. The number of aryl methyl sites for hydroxylation is 1. The fraction of sp³-hybridized carbons (Fsp3) is 0.211. The first-order valence-electron chi connectivity index (χ1n) is 7.74. The number of para-hydroxylation sites is 1. The van der Waals surface area contributed by atoms with Crippen molar-refractivity contribution in [3.8, 4) is 11.4 Å². The highest BCUT2D eigenvalue weighted by atomic mass is 32.2. The van der Waals surface area contributed by atoms with Crippen LogP contribution in [0.15, 0.2) is 60.8 Å². The van der Waals surface area contributed by atoms with Gasteiger partial charge in [-0.3, -0.25) is 4.21 Å². The molecule has 0 N–H and O–H groups in total. The first-order chi connectivity index (χ1) is 11.7. The Morgan fingerprint density at radius 1 is 1.08 bits per heavy atom. The fourth-order valence-corrected chi connectivity index (χ4v) is 3.73. The minimum atomic E-state index is -1.04. The van der Waals surface area contributed by atoms with Crippen LogP contribution in [0.5, 0.6) is 5.75 Å². The smallest absolute Gasteiger partial charge is 0.123 e. The lowest BCUT2D eigenvalue weighted by Crippen LogP contribution is -2.03. The van der Waals surface area contributed by atoms with Gasteiger partial charge in [0.15, 0.2) is 0 Å². The molecule has 24 heavy (non-hydrogen) atoms. The molecule has 1 unspecified atom stereocenters. The Labute approximate surface area is 144 Å². The Kier molecular flexibility index (Phi) is 5.11. The number of rotatable bonds is 6. The summed E-state index contributed by atoms with van der Waals surface area (Å²) in [5.41, 5.74) is 3.92. The largest absolute Gasteiger partial charge is 0.496 e. The number of benzene rings is 2. The van der Waals surface area contributed by atoms with Crippen molar-refractivity contribution in [3.63, 3.8) is 0 Å². The summed E-state index contributed by atoms with van der Waals surface area (Å²) in [6.45, 7) is 2.02. The van der Waals surface area contributed by atoms with Crippen molar-refractivity contribution in [2.75, 3.05) is 7.11 Å². The summed E-state index contributed by atoms with van der Waals surface area (Å²) in [7, 11) is 0.596. The van der Waals surface area contributed by atoms with Gasteiger partial charge in [0.25, 0.3) is 0 Å². The maximum Gasteiger partial charge on any atom is 0.123 e. The van der Waals surface area contributed by atoms with Crippen molar-refractivity contribution < 1.29 is 8.95 Å². The molecule has 0 aliphatic carbocycles. The molecule has 0 spiro atoms. The Balaban J connectivity index is 1.70. The second kappa shape index (κ2) is 7.45. The van der Waals surface area contributed by atoms with Crippen LogP contribution in [0.4, 0.5) is 0 Å². The lowest BCUT2D eigenvalue weighted by Gasteiger charge is -2.09. The van der Waals surface area contributed by atoms with Crippen molar-refractivity contribution in [3.05, 3.63) is 77.6 Å². The summed E-state index contributed by atoms with van der Waals surface area (Å²) in [5.74, 6) is 1.67. The van der Waals surface area contributed by atoms with Crippen molar-refractivity contribution in [1.82, 2.24) is 9.78 Å². The van der Waals surface area contributed by atoms with Gasteiger partial charge in [0, 0.05) is 22.6 Å². The minimum absolute atomic E-state index is 0.428. The van der Waals surface area contributed by atoms with Crippen LogP contribution in [-0.4, -0.2) is 21.1 Å². The van der Waals surface area contributed by atoms with Crippen molar-refractivity contribution in [1.29, 1.82) is 0 Å². The van der Waals surface area contributed by atoms with Gasteiger partial charge in [-0.1, -0.05) is 35.9 Å². The maximum absolute atomic E-state index is 12.5. The quantitative estimate of drug-likeness (QED) is 0.688. The Morgan fingerprint density at radius 3 is 2.62 bits per heavy atom. The van der Waals surface area contributed by atoms with Gasteiger partial charge in [-0.2, -0.15) is 5.10 Å². The van der Waals surface area contributed by atoms with Gasteiger partial charge < -0.3 is 4.74 Å². The van der Waals surface area contributed by atoms with Crippen LogP contribution in [0.2, 0.25) is 0 Å². The van der Waals surface area contributed by atoms with Crippen molar-refractivity contribution >= 4 is 10.8 Å². The van der Waals surface area contributed by atoms with Crippen molar-refractivity contribution in [2.24, 2.45) is 0 Å². The topological polar surface area (TPSA) is 44.1 Å². The molecule has 2 aromatic carbocycles. The molecule has 3 aromatic rings. The monoisotopic (exact) mass is 340 g/mol. The zero-order chi connectivity index (χ0) is 16.9. The number of aromatic nitrogens is 2. The molecule has 5 heteroatoms. The van der Waals surface area contributed by atoms with Gasteiger partial charge in [0.05, 0.1) is 30.0 Å². The fourth-order valence-electron chi connectivity index (χ4n) is 2.57. The summed E-state index contributed by atoms with van der Waals surface area (Å²) in [5, 5.41) is 4.51. The molecule has 1 heterocycles. The van der Waals surface area contributed by atoms with Crippen LogP contribution < -0.4 is 4.74 Å². The Hall–Kier alpha value is -2.40. The zero-order valence-corrected chi connectivity index (χ0v) is 14.6. The predicted molar refractivity (Wildman–Crippen MR) is 96.8 cm³/mol. The molecule has 1 aromatic heterocycles. The van der Waals surface area contributed by atoms with Gasteiger partial charge in [0.1, 0.15) is 5.75 Å². The highest BCUT2D eigenvalue weighted by molar-refractivity contribution is 7.83. The van der Waals surface area contributed by atoms with Gasteiger partial charge >= 0.3 is 0 Å². The van der Waals surface area contributed by atoms with Crippen LogP contribution in [-0.2, 0) is 22.3 Å². The first-order valence-corrected chi connectivity index (χ1v) is 9.23. The average molecular weight is 340 g/mol. The number of hydrogen-bond donors (Lipinski definition) is 0. The third kappa shape index (κ3) is 3.92. The van der Waals surface area contributed by atoms with E-state index in [0.717, 1.165) is 28.3 Å². The summed E-state index contributed by atoms with van der Waals surface area (Å²) >= 11 is 0. The zero-order valence-electron chi connectivity index (χ0n) is 13.8.